The van der Waals surface area contributed by atoms with E-state index in [1.54, 1.807) is 11.3 Å². The predicted molar refractivity (Wildman–Crippen MR) is 55.1 cm³/mol. The Morgan fingerprint density at radius 2 is 2.43 bits per heavy atom. The van der Waals surface area contributed by atoms with Gasteiger partial charge in [0, 0.05) is 42.3 Å². The van der Waals surface area contributed by atoms with Crippen LogP contribution in [0.25, 0.3) is 10.7 Å². The molecule has 0 aliphatic carbocycles. The molecule has 5 heteroatoms. The van der Waals surface area contributed by atoms with E-state index in [-0.39, 0.29) is 0 Å². The second kappa shape index (κ2) is 3.18. The molecule has 14 heavy (non-hydrogen) atoms. The lowest BCUT2D eigenvalue weighted by Gasteiger charge is -2.11. The number of thiazole rings is 1. The van der Waals surface area contributed by atoms with E-state index in [0.29, 0.717) is 0 Å². The Labute approximate surface area is 85.4 Å². The second-order valence-electron chi connectivity index (χ2n) is 3.29. The molecule has 0 spiro atoms. The minimum atomic E-state index is 0.904. The molecular formula is C9H10N4S. The van der Waals surface area contributed by atoms with Gasteiger partial charge in [-0.05, 0) is 0 Å². The number of aromatic nitrogens is 3. The van der Waals surface area contributed by atoms with Crippen molar-refractivity contribution in [3.05, 3.63) is 22.8 Å². The van der Waals surface area contributed by atoms with Crippen molar-refractivity contribution >= 4 is 11.3 Å². The van der Waals surface area contributed by atoms with Gasteiger partial charge in [0.05, 0.1) is 0 Å². The minimum absolute atomic E-state index is 0.904. The molecule has 0 saturated carbocycles. The van der Waals surface area contributed by atoms with Gasteiger partial charge in [-0.25, -0.2) is 4.98 Å². The summed E-state index contributed by atoms with van der Waals surface area (Å²) < 4.78 is 0. The van der Waals surface area contributed by atoms with Crippen molar-refractivity contribution in [1.82, 2.24) is 20.5 Å². The third-order valence-corrected chi connectivity index (χ3v) is 3.22. The molecule has 3 heterocycles. The minimum Gasteiger partial charge on any atom is -0.312 e. The second-order valence-corrected chi connectivity index (χ2v) is 4.19. The van der Waals surface area contributed by atoms with Crippen LogP contribution in [0.4, 0.5) is 0 Å². The summed E-state index contributed by atoms with van der Waals surface area (Å²) in [5.74, 6) is 0. The van der Waals surface area contributed by atoms with Crippen LogP contribution in [0.2, 0.25) is 0 Å². The van der Waals surface area contributed by atoms with Crippen molar-refractivity contribution in [1.29, 1.82) is 0 Å². The maximum absolute atomic E-state index is 4.32. The fourth-order valence-corrected chi connectivity index (χ4v) is 2.40. The average Bonchev–Trinajstić information content (AvgIpc) is 2.85. The van der Waals surface area contributed by atoms with Crippen LogP contribution in [0, 0.1) is 0 Å². The first-order valence-electron chi connectivity index (χ1n) is 4.62. The number of hydrogen-bond donors (Lipinski definition) is 2. The van der Waals surface area contributed by atoms with Crippen LogP contribution in [-0.4, -0.2) is 21.7 Å². The number of H-pyrrole nitrogens is 1. The van der Waals surface area contributed by atoms with Gasteiger partial charge in [-0.1, -0.05) is 0 Å². The highest BCUT2D eigenvalue weighted by atomic mass is 32.1. The van der Waals surface area contributed by atoms with Gasteiger partial charge in [0.1, 0.15) is 10.7 Å². The number of nitrogens with one attached hydrogen (secondary N) is 2. The summed E-state index contributed by atoms with van der Waals surface area (Å²) in [6, 6.07) is 0. The van der Waals surface area contributed by atoms with Gasteiger partial charge >= 0.3 is 0 Å². The smallest absolute Gasteiger partial charge is 0.143 e. The third-order valence-electron chi connectivity index (χ3n) is 2.44. The SMILES string of the molecule is c1csc(-c2n[nH]c3c2CNCC3)n1. The zero-order valence-corrected chi connectivity index (χ0v) is 8.40. The van der Waals surface area contributed by atoms with E-state index in [2.05, 4.69) is 20.5 Å². The van der Waals surface area contributed by atoms with Gasteiger partial charge in [-0.3, -0.25) is 5.10 Å². The van der Waals surface area contributed by atoms with Crippen LogP contribution < -0.4 is 5.32 Å². The van der Waals surface area contributed by atoms with Crippen LogP contribution in [-0.2, 0) is 13.0 Å². The van der Waals surface area contributed by atoms with E-state index < -0.39 is 0 Å². The van der Waals surface area contributed by atoms with Gasteiger partial charge in [0.2, 0.25) is 0 Å². The summed E-state index contributed by atoms with van der Waals surface area (Å²) in [6.07, 6.45) is 2.85. The first kappa shape index (κ1) is 8.14. The molecule has 0 fully saturated rings. The maximum Gasteiger partial charge on any atom is 0.143 e. The summed E-state index contributed by atoms with van der Waals surface area (Å²) in [5, 5.41) is 13.7. The lowest BCUT2D eigenvalue weighted by Crippen LogP contribution is -2.23. The first-order chi connectivity index (χ1) is 6.95. The maximum atomic E-state index is 4.32. The van der Waals surface area contributed by atoms with Crippen LogP contribution in [0.3, 0.4) is 0 Å². The quantitative estimate of drug-likeness (QED) is 0.736. The molecule has 0 bridgehead atoms. The van der Waals surface area contributed by atoms with E-state index in [0.717, 1.165) is 30.2 Å². The predicted octanol–water partition coefficient (Wildman–Crippen LogP) is 1.18. The van der Waals surface area contributed by atoms with Gasteiger partial charge in [-0.2, -0.15) is 5.10 Å². The highest BCUT2D eigenvalue weighted by molar-refractivity contribution is 7.13. The molecule has 3 rings (SSSR count). The standard InChI is InChI=1S/C9H10N4S/c1-2-10-5-6-7(1)12-13-8(6)9-11-3-4-14-9/h3-4,10H,1-2,5H2,(H,12,13). The van der Waals surface area contributed by atoms with Crippen molar-refractivity contribution in [3.8, 4) is 10.7 Å². The molecule has 0 amide bonds. The number of rotatable bonds is 1. The van der Waals surface area contributed by atoms with Gasteiger partial charge < -0.3 is 5.32 Å². The zero-order valence-electron chi connectivity index (χ0n) is 7.58. The van der Waals surface area contributed by atoms with Gasteiger partial charge in [0.15, 0.2) is 0 Å². The van der Waals surface area contributed by atoms with Crippen LogP contribution >= 0.6 is 11.3 Å². The Morgan fingerprint density at radius 3 is 3.29 bits per heavy atom. The molecule has 2 aromatic rings. The summed E-state index contributed by atoms with van der Waals surface area (Å²) in [4.78, 5) is 4.28. The molecule has 1 aliphatic rings. The van der Waals surface area contributed by atoms with Gasteiger partial charge in [-0.15, -0.1) is 11.3 Å². The van der Waals surface area contributed by atoms with Crippen LogP contribution in [0.15, 0.2) is 11.6 Å². The summed E-state index contributed by atoms with van der Waals surface area (Å²) in [5.41, 5.74) is 3.56. The fourth-order valence-electron chi connectivity index (χ4n) is 1.74. The molecule has 0 radical (unpaired) electrons. The zero-order chi connectivity index (χ0) is 9.38. The molecule has 0 aromatic carbocycles. The van der Waals surface area contributed by atoms with Crippen LogP contribution in [0.5, 0.6) is 0 Å². The highest BCUT2D eigenvalue weighted by Crippen LogP contribution is 2.26. The largest absolute Gasteiger partial charge is 0.312 e. The van der Waals surface area contributed by atoms with Crippen molar-refractivity contribution in [2.75, 3.05) is 6.54 Å². The first-order valence-corrected chi connectivity index (χ1v) is 5.50. The summed E-state index contributed by atoms with van der Waals surface area (Å²) in [6.45, 7) is 1.94. The molecule has 2 N–H and O–H groups in total. The van der Waals surface area contributed by atoms with E-state index in [4.69, 9.17) is 0 Å². The highest BCUT2D eigenvalue weighted by Gasteiger charge is 2.18. The Morgan fingerprint density at radius 1 is 1.43 bits per heavy atom. The lowest BCUT2D eigenvalue weighted by molar-refractivity contribution is 0.637. The third kappa shape index (κ3) is 1.17. The lowest BCUT2D eigenvalue weighted by atomic mass is 10.1. The Kier molecular flexibility index (Phi) is 1.85. The fraction of sp³-hybridized carbons (Fsp3) is 0.333. The Hall–Kier alpha value is -1.20. The van der Waals surface area contributed by atoms with E-state index in [1.807, 2.05) is 11.6 Å². The van der Waals surface area contributed by atoms with Crippen molar-refractivity contribution < 1.29 is 0 Å². The van der Waals surface area contributed by atoms with Crippen molar-refractivity contribution in [3.63, 3.8) is 0 Å². The van der Waals surface area contributed by atoms with E-state index >= 15 is 0 Å². The Balaban J connectivity index is 2.11. The molecule has 4 nitrogen and oxygen atoms in total. The molecule has 0 atom stereocenters. The number of hydrogen-bond acceptors (Lipinski definition) is 4. The Bertz CT molecular complexity index is 432. The molecule has 1 aliphatic heterocycles. The van der Waals surface area contributed by atoms with Gasteiger partial charge in [0.25, 0.3) is 0 Å². The van der Waals surface area contributed by atoms with Crippen molar-refractivity contribution in [2.24, 2.45) is 0 Å². The monoisotopic (exact) mass is 206 g/mol. The molecule has 72 valence electrons. The summed E-state index contributed by atoms with van der Waals surface area (Å²) in [7, 11) is 0. The number of nitrogens with zero attached hydrogens (tertiary/aromatic N) is 2. The van der Waals surface area contributed by atoms with E-state index in [9.17, 15) is 0 Å². The molecule has 0 unspecified atom stereocenters. The number of fused-ring (bicyclic) bond motifs is 1. The molecular weight excluding hydrogens is 196 g/mol. The molecule has 0 saturated heterocycles. The number of aromatic amines is 1. The van der Waals surface area contributed by atoms with Crippen molar-refractivity contribution in [2.45, 2.75) is 13.0 Å². The topological polar surface area (TPSA) is 53.6 Å². The summed E-state index contributed by atoms with van der Waals surface area (Å²) >= 11 is 1.63. The normalized spacial score (nSPS) is 15.4. The molecule has 2 aromatic heterocycles. The van der Waals surface area contributed by atoms with E-state index in [1.165, 1.54) is 11.3 Å². The van der Waals surface area contributed by atoms with Crippen LogP contribution in [0.1, 0.15) is 11.3 Å². The average molecular weight is 206 g/mol.